The Bertz CT molecular complexity index is 1750. The second-order valence-electron chi connectivity index (χ2n) is 9.61. The minimum Gasteiger partial charge on any atom is -0.497 e. The van der Waals surface area contributed by atoms with Gasteiger partial charge in [0.15, 0.2) is 0 Å². The molecule has 0 aliphatic rings. The summed E-state index contributed by atoms with van der Waals surface area (Å²) in [7, 11) is 1.65. The monoisotopic (exact) mass is 587 g/mol. The van der Waals surface area contributed by atoms with Crippen molar-refractivity contribution in [3.8, 4) is 28.3 Å². The third-order valence-corrected chi connectivity index (χ3v) is 7.49. The van der Waals surface area contributed by atoms with Gasteiger partial charge in [0, 0.05) is 28.3 Å². The number of nitrogens with one attached hydrogen (secondary N) is 1. The van der Waals surface area contributed by atoms with Gasteiger partial charge in [0.05, 0.1) is 36.0 Å². The maximum atomic E-state index is 12.4. The van der Waals surface area contributed by atoms with Crippen molar-refractivity contribution in [1.82, 2.24) is 15.1 Å². The lowest BCUT2D eigenvalue weighted by atomic mass is 10.0. The van der Waals surface area contributed by atoms with Crippen LogP contribution in [-0.2, 0) is 4.79 Å². The van der Waals surface area contributed by atoms with Gasteiger partial charge in [0.2, 0.25) is 0 Å². The van der Waals surface area contributed by atoms with Crippen LogP contribution in [-0.4, -0.2) is 40.4 Å². The fourth-order valence-electron chi connectivity index (χ4n) is 4.68. The van der Waals surface area contributed by atoms with E-state index in [2.05, 4.69) is 23.5 Å². The van der Waals surface area contributed by atoms with Crippen LogP contribution < -0.4 is 10.1 Å². The molecule has 0 saturated heterocycles. The van der Waals surface area contributed by atoms with Crippen LogP contribution in [0.3, 0.4) is 0 Å². The maximum absolute atomic E-state index is 12.4. The molecule has 0 spiro atoms. The van der Waals surface area contributed by atoms with Crippen LogP contribution in [0.5, 0.6) is 5.75 Å². The number of methoxy groups -OCH3 is 1. The fraction of sp³-hybridized carbons (Fsp3) is 0.156. The molecule has 0 fully saturated rings. The molecule has 1 heterocycles. The smallest absolute Gasteiger partial charge is 0.305 e. The molecule has 1 atom stereocenters. The van der Waals surface area contributed by atoms with Crippen molar-refractivity contribution in [2.24, 2.45) is 0 Å². The molecule has 5 aromatic rings. The van der Waals surface area contributed by atoms with Crippen molar-refractivity contribution in [2.45, 2.75) is 19.4 Å². The lowest BCUT2D eigenvalue weighted by Gasteiger charge is -2.17. The molecule has 4 aromatic carbocycles. The fourth-order valence-corrected chi connectivity index (χ4v) is 5.07. The zero-order valence-electron chi connectivity index (χ0n) is 22.4. The van der Waals surface area contributed by atoms with Gasteiger partial charge in [0.1, 0.15) is 5.75 Å². The van der Waals surface area contributed by atoms with Gasteiger partial charge in [-0.25, -0.2) is 0 Å². The number of aliphatic carboxylic acids is 1. The van der Waals surface area contributed by atoms with Gasteiger partial charge in [-0.05, 0) is 77.9 Å². The number of nitrogens with zero attached hydrogens (tertiary/aromatic N) is 2. The average Bonchev–Trinajstić information content (AvgIpc) is 3.42. The van der Waals surface area contributed by atoms with Gasteiger partial charge < -0.3 is 15.2 Å². The minimum absolute atomic E-state index is 0.0658. The lowest BCUT2D eigenvalue weighted by Crippen LogP contribution is -2.26. The quantitative estimate of drug-likeness (QED) is 0.186. The lowest BCUT2D eigenvalue weighted by molar-refractivity contribution is -0.136. The third kappa shape index (κ3) is 6.21. The molecule has 5 rings (SSSR count). The number of rotatable bonds is 9. The first-order valence-electron chi connectivity index (χ1n) is 13.0. The molecule has 208 valence electrons. The Morgan fingerprint density at radius 2 is 1.68 bits per heavy atom. The van der Waals surface area contributed by atoms with E-state index in [1.54, 1.807) is 37.4 Å². The molecule has 1 aromatic heterocycles. The molecule has 9 heteroatoms. The molecule has 1 amide bonds. The number of carboxylic acids is 1. The highest BCUT2D eigenvalue weighted by Crippen LogP contribution is 2.36. The Morgan fingerprint density at radius 1 is 0.951 bits per heavy atom. The second-order valence-corrected chi connectivity index (χ2v) is 10.5. The number of fused-ring (bicyclic) bond motifs is 1. The molecular weight excluding hydrogens is 561 g/mol. The first-order chi connectivity index (χ1) is 19.7. The van der Waals surface area contributed by atoms with Crippen LogP contribution in [0, 0.1) is 0 Å². The molecule has 0 aliphatic carbocycles. The average molecular weight is 588 g/mol. The van der Waals surface area contributed by atoms with Gasteiger partial charge in [0.25, 0.3) is 5.91 Å². The molecule has 0 aliphatic heterocycles. The van der Waals surface area contributed by atoms with Gasteiger partial charge in [-0.15, -0.1) is 0 Å². The van der Waals surface area contributed by atoms with Crippen molar-refractivity contribution in [3.63, 3.8) is 0 Å². The summed E-state index contributed by atoms with van der Waals surface area (Å²) in [5.41, 5.74) is 4.65. The molecule has 7 nitrogen and oxygen atoms in total. The summed E-state index contributed by atoms with van der Waals surface area (Å²) in [4.78, 5) is 23.2. The number of amides is 1. The molecule has 2 N–H and O–H groups in total. The number of benzene rings is 4. The third-order valence-electron chi connectivity index (χ3n) is 6.93. The first-order valence-corrected chi connectivity index (χ1v) is 13.7. The van der Waals surface area contributed by atoms with E-state index < -0.39 is 5.97 Å². The summed E-state index contributed by atoms with van der Waals surface area (Å²) in [6.07, 6.45) is -0.135. The highest BCUT2D eigenvalue weighted by atomic mass is 35.5. The number of ether oxygens (including phenoxy) is 1. The van der Waals surface area contributed by atoms with E-state index in [1.165, 1.54) is 0 Å². The van der Waals surface area contributed by atoms with E-state index in [0.29, 0.717) is 21.3 Å². The van der Waals surface area contributed by atoms with Crippen molar-refractivity contribution >= 4 is 45.9 Å². The van der Waals surface area contributed by atoms with Gasteiger partial charge in [-0.1, -0.05) is 53.5 Å². The van der Waals surface area contributed by atoms with Gasteiger partial charge in [-0.3, -0.25) is 14.3 Å². The van der Waals surface area contributed by atoms with Gasteiger partial charge >= 0.3 is 5.97 Å². The van der Waals surface area contributed by atoms with Crippen molar-refractivity contribution in [2.75, 3.05) is 13.7 Å². The van der Waals surface area contributed by atoms with Crippen molar-refractivity contribution in [1.29, 1.82) is 0 Å². The Labute approximate surface area is 247 Å². The predicted molar refractivity (Wildman–Crippen MR) is 162 cm³/mol. The van der Waals surface area contributed by atoms with Crippen molar-refractivity contribution in [3.05, 3.63) is 106 Å². The number of aromatic nitrogens is 2. The molecule has 41 heavy (non-hydrogen) atoms. The number of halogens is 2. The van der Waals surface area contributed by atoms with E-state index in [9.17, 15) is 9.59 Å². The van der Waals surface area contributed by atoms with Crippen LogP contribution >= 0.6 is 23.2 Å². The maximum Gasteiger partial charge on any atom is 0.305 e. The normalized spacial score (nSPS) is 11.8. The van der Waals surface area contributed by atoms with Crippen LogP contribution in [0.2, 0.25) is 10.0 Å². The Hall–Kier alpha value is -4.33. The van der Waals surface area contributed by atoms with E-state index >= 15 is 0 Å². The summed E-state index contributed by atoms with van der Waals surface area (Å²) in [5, 5.41) is 19.6. The number of carbonyl (C=O) groups excluding carboxylic acids is 1. The summed E-state index contributed by atoms with van der Waals surface area (Å²) in [6.45, 7) is 2.10. The summed E-state index contributed by atoms with van der Waals surface area (Å²) < 4.78 is 7.32. The van der Waals surface area contributed by atoms with E-state index in [4.69, 9.17) is 38.1 Å². The molecule has 0 unspecified atom stereocenters. The van der Waals surface area contributed by atoms with E-state index in [0.717, 1.165) is 38.9 Å². The topological polar surface area (TPSA) is 93.5 Å². The zero-order chi connectivity index (χ0) is 29.1. The van der Waals surface area contributed by atoms with Crippen LogP contribution in [0.15, 0.2) is 84.9 Å². The molecule has 0 saturated carbocycles. The van der Waals surface area contributed by atoms with Gasteiger partial charge in [-0.2, -0.15) is 5.10 Å². The summed E-state index contributed by atoms with van der Waals surface area (Å²) >= 11 is 12.9. The molecule has 0 bridgehead atoms. The van der Waals surface area contributed by atoms with Crippen LogP contribution in [0.1, 0.15) is 35.3 Å². The number of hydrogen-bond donors (Lipinski definition) is 2. The Kier molecular flexibility index (Phi) is 8.28. The second kappa shape index (κ2) is 12.0. The Morgan fingerprint density at radius 3 is 2.41 bits per heavy atom. The van der Waals surface area contributed by atoms with Crippen LogP contribution in [0.25, 0.3) is 33.3 Å². The zero-order valence-corrected chi connectivity index (χ0v) is 23.9. The number of carbonyl (C=O) groups is 2. The minimum atomic E-state index is -0.964. The summed E-state index contributed by atoms with van der Waals surface area (Å²) in [5.74, 6) is -0.495. The van der Waals surface area contributed by atoms with E-state index in [-0.39, 0.29) is 24.9 Å². The van der Waals surface area contributed by atoms with Crippen LogP contribution in [0.4, 0.5) is 0 Å². The molecule has 0 radical (unpaired) electrons. The highest BCUT2D eigenvalue weighted by Gasteiger charge is 2.20. The number of hydrogen-bond acceptors (Lipinski definition) is 4. The Balaban J connectivity index is 1.53. The highest BCUT2D eigenvalue weighted by molar-refractivity contribution is 6.35. The molecular formula is C32H27Cl2N3O4. The van der Waals surface area contributed by atoms with E-state index in [1.807, 2.05) is 48.0 Å². The first kappa shape index (κ1) is 28.2. The number of carboxylic acid groups (broad SMARTS) is 1. The summed E-state index contributed by atoms with van der Waals surface area (Å²) in [6, 6.07) is 26.5. The standard InChI is InChI=1S/C32H27Cl2N3O4/c1-19(20-3-5-21(6-4-20)32(40)35-14-13-31(38)39)37-30(18-29(36-37)27-17-25(33)10-12-28(27)34)24-8-7-23-16-26(41-2)11-9-22(23)15-24/h3-12,15-19H,13-14H2,1-2H3,(H,35,40)(H,38,39)/t19-/m1/s1. The SMILES string of the molecule is COc1ccc2cc(-c3cc(-c4cc(Cl)ccc4Cl)nn3[C@H](C)c3ccc(C(=O)NCCC(=O)O)cc3)ccc2c1. The largest absolute Gasteiger partial charge is 0.497 e. The predicted octanol–water partition coefficient (Wildman–Crippen LogP) is 7.50. The van der Waals surface area contributed by atoms with Crippen molar-refractivity contribution < 1.29 is 19.4 Å².